The van der Waals surface area contributed by atoms with Gasteiger partial charge in [0.2, 0.25) is 0 Å². The minimum atomic E-state index is -0.0538. The molecular weight excluding hydrogens is 468 g/mol. The Morgan fingerprint density at radius 1 is 1.00 bits per heavy atom. The van der Waals surface area contributed by atoms with Gasteiger partial charge in [0.15, 0.2) is 5.82 Å². The summed E-state index contributed by atoms with van der Waals surface area (Å²) in [6.45, 7) is 2.58. The molecule has 0 unspecified atom stereocenters. The van der Waals surface area contributed by atoms with Crippen molar-refractivity contribution in [3.63, 3.8) is 0 Å². The van der Waals surface area contributed by atoms with Crippen LogP contribution in [0, 0.1) is 0 Å². The average molecular weight is 488 g/mol. The van der Waals surface area contributed by atoms with E-state index in [1.807, 2.05) is 47.4 Å². The maximum Gasteiger partial charge on any atom is 0.255 e. The largest absolute Gasteiger partial charge is 0.497 e. The van der Waals surface area contributed by atoms with Gasteiger partial charge < -0.3 is 14.5 Å². The number of carbonyl (C=O) groups is 1. The first-order valence-electron chi connectivity index (χ1n) is 9.52. The Bertz CT molecular complexity index is 1040. The van der Waals surface area contributed by atoms with Crippen molar-refractivity contribution in [1.29, 1.82) is 0 Å². The normalized spacial score (nSPS) is 14.0. The minimum absolute atomic E-state index is 0.0538. The van der Waals surface area contributed by atoms with Crippen molar-refractivity contribution < 1.29 is 9.53 Å². The van der Waals surface area contributed by atoms with Crippen LogP contribution in [0.1, 0.15) is 10.4 Å². The number of nitrogens with zero attached hydrogens (tertiary/aromatic N) is 4. The van der Waals surface area contributed by atoms with Crippen LogP contribution in [0.25, 0.3) is 11.3 Å². The van der Waals surface area contributed by atoms with Crippen molar-refractivity contribution >= 4 is 39.3 Å². The summed E-state index contributed by atoms with van der Waals surface area (Å²) < 4.78 is 6.02. The molecule has 1 saturated heterocycles. The van der Waals surface area contributed by atoms with Crippen LogP contribution >= 0.6 is 27.5 Å². The van der Waals surface area contributed by atoms with Crippen LogP contribution in [0.5, 0.6) is 5.75 Å². The summed E-state index contributed by atoms with van der Waals surface area (Å²) in [5, 5.41) is 9.22. The van der Waals surface area contributed by atoms with Crippen LogP contribution < -0.4 is 9.64 Å². The molecule has 0 radical (unpaired) electrons. The fraction of sp³-hybridized carbons (Fsp3) is 0.227. The van der Waals surface area contributed by atoms with E-state index in [1.165, 1.54) is 0 Å². The van der Waals surface area contributed by atoms with E-state index in [0.717, 1.165) is 27.3 Å². The van der Waals surface area contributed by atoms with Gasteiger partial charge >= 0.3 is 0 Å². The van der Waals surface area contributed by atoms with E-state index < -0.39 is 0 Å². The van der Waals surface area contributed by atoms with E-state index >= 15 is 0 Å². The monoisotopic (exact) mass is 486 g/mol. The highest BCUT2D eigenvalue weighted by Gasteiger charge is 2.24. The van der Waals surface area contributed by atoms with Gasteiger partial charge in [-0.3, -0.25) is 4.79 Å². The quantitative estimate of drug-likeness (QED) is 0.541. The highest BCUT2D eigenvalue weighted by molar-refractivity contribution is 9.10. The third kappa shape index (κ3) is 4.42. The van der Waals surface area contributed by atoms with E-state index in [9.17, 15) is 4.79 Å². The Kier molecular flexibility index (Phi) is 6.20. The molecule has 8 heteroatoms. The number of ether oxygens (including phenoxy) is 1. The Morgan fingerprint density at radius 3 is 2.37 bits per heavy atom. The molecular formula is C22H20BrClN4O2. The molecule has 1 aliphatic rings. The highest BCUT2D eigenvalue weighted by atomic mass is 79.9. The van der Waals surface area contributed by atoms with Crippen molar-refractivity contribution in [1.82, 2.24) is 15.1 Å². The molecule has 0 N–H and O–H groups in total. The van der Waals surface area contributed by atoms with Gasteiger partial charge in [-0.05, 0) is 54.6 Å². The number of piperazine rings is 1. The van der Waals surface area contributed by atoms with Crippen molar-refractivity contribution in [2.24, 2.45) is 0 Å². The van der Waals surface area contributed by atoms with Crippen LogP contribution in [0.3, 0.4) is 0 Å². The maximum absolute atomic E-state index is 12.8. The van der Waals surface area contributed by atoms with Gasteiger partial charge in [0.1, 0.15) is 5.75 Å². The fourth-order valence-corrected chi connectivity index (χ4v) is 3.94. The van der Waals surface area contributed by atoms with Crippen LogP contribution in [0.15, 0.2) is 59.1 Å². The lowest BCUT2D eigenvalue weighted by molar-refractivity contribution is 0.0746. The van der Waals surface area contributed by atoms with Crippen LogP contribution in [0.4, 0.5) is 5.82 Å². The fourth-order valence-electron chi connectivity index (χ4n) is 3.38. The summed E-state index contributed by atoms with van der Waals surface area (Å²) >= 11 is 9.61. The van der Waals surface area contributed by atoms with Gasteiger partial charge in [-0.1, -0.05) is 27.5 Å². The van der Waals surface area contributed by atoms with Gasteiger partial charge in [0.05, 0.1) is 23.4 Å². The Balaban J connectivity index is 1.40. The minimum Gasteiger partial charge on any atom is -0.497 e. The van der Waals surface area contributed by atoms with Gasteiger partial charge in [-0.15, -0.1) is 10.2 Å². The number of methoxy groups -OCH3 is 1. The second-order valence-electron chi connectivity index (χ2n) is 6.91. The number of amides is 1. The predicted molar refractivity (Wildman–Crippen MR) is 121 cm³/mol. The molecule has 1 aliphatic heterocycles. The zero-order valence-corrected chi connectivity index (χ0v) is 18.7. The third-order valence-corrected chi connectivity index (χ3v) is 5.91. The van der Waals surface area contributed by atoms with Gasteiger partial charge in [-0.25, -0.2) is 0 Å². The lowest BCUT2D eigenvalue weighted by Crippen LogP contribution is -2.49. The standard InChI is InChI=1S/C22H20BrClN4O2/c1-30-17-5-2-15(3-6-17)20-8-9-21(26-25-20)27-10-12-28(13-11-27)22(29)18-14-16(23)4-7-19(18)24/h2-9,14H,10-13H2,1H3. The van der Waals surface area contributed by atoms with Crippen molar-refractivity contribution in [2.45, 2.75) is 0 Å². The average Bonchev–Trinajstić information content (AvgIpc) is 2.80. The summed E-state index contributed by atoms with van der Waals surface area (Å²) in [7, 11) is 1.64. The van der Waals surface area contributed by atoms with Crippen molar-refractivity contribution in [3.8, 4) is 17.0 Å². The summed E-state index contributed by atoms with van der Waals surface area (Å²) in [6.07, 6.45) is 0. The molecule has 1 amide bonds. The molecule has 2 aromatic carbocycles. The number of benzene rings is 2. The number of anilines is 1. The molecule has 1 aromatic heterocycles. The first-order valence-corrected chi connectivity index (χ1v) is 10.7. The number of hydrogen-bond acceptors (Lipinski definition) is 5. The lowest BCUT2D eigenvalue weighted by atomic mass is 10.1. The number of carbonyl (C=O) groups excluding carboxylic acids is 1. The Hall–Kier alpha value is -2.64. The molecule has 6 nitrogen and oxygen atoms in total. The zero-order valence-electron chi connectivity index (χ0n) is 16.4. The molecule has 3 aromatic rings. The van der Waals surface area contributed by atoms with Gasteiger partial charge in [0.25, 0.3) is 5.91 Å². The highest BCUT2D eigenvalue weighted by Crippen LogP contribution is 2.24. The molecule has 0 saturated carbocycles. The Labute approximate surface area is 188 Å². The molecule has 154 valence electrons. The van der Waals surface area contributed by atoms with Crippen molar-refractivity contribution in [3.05, 3.63) is 69.7 Å². The van der Waals surface area contributed by atoms with E-state index in [2.05, 4.69) is 31.0 Å². The number of aromatic nitrogens is 2. The summed E-state index contributed by atoms with van der Waals surface area (Å²) in [4.78, 5) is 16.8. The van der Waals surface area contributed by atoms with E-state index in [-0.39, 0.29) is 5.91 Å². The smallest absolute Gasteiger partial charge is 0.255 e. The molecule has 0 spiro atoms. The number of rotatable bonds is 4. The molecule has 4 rings (SSSR count). The SMILES string of the molecule is COc1ccc(-c2ccc(N3CCN(C(=O)c4cc(Br)ccc4Cl)CC3)nn2)cc1. The second kappa shape index (κ2) is 9.02. The molecule has 30 heavy (non-hydrogen) atoms. The molecule has 0 bridgehead atoms. The maximum atomic E-state index is 12.8. The number of halogens is 2. The van der Waals surface area contributed by atoms with E-state index in [4.69, 9.17) is 16.3 Å². The van der Waals surface area contributed by atoms with Crippen LogP contribution in [-0.4, -0.2) is 54.3 Å². The first-order chi connectivity index (χ1) is 14.5. The zero-order chi connectivity index (χ0) is 21.1. The van der Waals surface area contributed by atoms with Crippen LogP contribution in [-0.2, 0) is 0 Å². The first kappa shape index (κ1) is 20.6. The third-order valence-electron chi connectivity index (χ3n) is 5.09. The summed E-state index contributed by atoms with van der Waals surface area (Å²) in [5.41, 5.74) is 2.30. The molecule has 1 fully saturated rings. The van der Waals surface area contributed by atoms with E-state index in [0.29, 0.717) is 36.8 Å². The molecule has 0 aliphatic carbocycles. The van der Waals surface area contributed by atoms with E-state index in [1.54, 1.807) is 19.2 Å². The number of hydrogen-bond donors (Lipinski definition) is 0. The van der Waals surface area contributed by atoms with Gasteiger partial charge in [0, 0.05) is 36.2 Å². The van der Waals surface area contributed by atoms with Crippen molar-refractivity contribution in [2.75, 3.05) is 38.2 Å². The Morgan fingerprint density at radius 2 is 1.73 bits per heavy atom. The summed E-state index contributed by atoms with van der Waals surface area (Å²) in [5.74, 6) is 1.56. The van der Waals surface area contributed by atoms with Gasteiger partial charge in [-0.2, -0.15) is 0 Å². The second-order valence-corrected chi connectivity index (χ2v) is 8.23. The molecule has 0 atom stereocenters. The van der Waals surface area contributed by atoms with Crippen LogP contribution in [0.2, 0.25) is 5.02 Å². The molecule has 2 heterocycles. The predicted octanol–water partition coefficient (Wildman–Crippen LogP) is 4.53. The summed E-state index contributed by atoms with van der Waals surface area (Å²) in [6, 6.07) is 17.0. The topological polar surface area (TPSA) is 58.6 Å². The lowest BCUT2D eigenvalue weighted by Gasteiger charge is -2.35.